The van der Waals surface area contributed by atoms with Crippen molar-refractivity contribution in [2.45, 2.75) is 89.9 Å². The van der Waals surface area contributed by atoms with E-state index in [0.717, 1.165) is 64.7 Å². The first-order chi connectivity index (χ1) is 19.8. The molecule has 0 bridgehead atoms. The van der Waals surface area contributed by atoms with Crippen molar-refractivity contribution in [3.63, 3.8) is 0 Å². The Morgan fingerprint density at radius 2 is 0.682 bits per heavy atom. The number of carboxylic acids is 4. The van der Waals surface area contributed by atoms with E-state index >= 15 is 0 Å². The Balaban J connectivity index is -0.000000348. The zero-order valence-electron chi connectivity index (χ0n) is 28.7. The average Bonchev–Trinajstić information content (AvgIpc) is 2.86. The molecule has 0 aromatic rings. The first-order valence-corrected chi connectivity index (χ1v) is 15.4. The normalized spacial score (nSPS) is 10.7. The summed E-state index contributed by atoms with van der Waals surface area (Å²) in [7, 11) is 8.21. The van der Waals surface area contributed by atoms with Crippen LogP contribution in [0.4, 0.5) is 0 Å². The maximum absolute atomic E-state index is 10.5. The standard InChI is InChI=1S/2C15H30N2O4.2Na/c2*1-16(2)10-4-3-5-11-17(12-6-8-14(18)19)13-7-9-15(20)21;;/h2*3-13H2,1-2H3,(H,18,19)(H,20,21);;/q;;2*+1/p-2. The van der Waals surface area contributed by atoms with Crippen LogP contribution in [0, 0.1) is 0 Å². The van der Waals surface area contributed by atoms with Crippen LogP contribution in [0.5, 0.6) is 0 Å². The number of nitrogens with zero attached hydrogens (tertiary/aromatic N) is 4. The average molecular weight is 649 g/mol. The number of aliphatic carboxylic acids is 4. The van der Waals surface area contributed by atoms with Crippen LogP contribution in [0.3, 0.4) is 0 Å². The Bertz CT molecular complexity index is 621. The van der Waals surface area contributed by atoms with Gasteiger partial charge >= 0.3 is 71.1 Å². The number of carbonyl (C=O) groups excluding carboxylic acids is 2. The second kappa shape index (κ2) is 35.6. The summed E-state index contributed by atoms with van der Waals surface area (Å²) in [6, 6.07) is 0. The summed E-state index contributed by atoms with van der Waals surface area (Å²) >= 11 is 0. The molecule has 12 nitrogen and oxygen atoms in total. The van der Waals surface area contributed by atoms with Crippen LogP contribution in [-0.2, 0) is 19.2 Å². The van der Waals surface area contributed by atoms with Crippen LogP contribution in [-0.4, -0.2) is 134 Å². The second-order valence-corrected chi connectivity index (χ2v) is 11.4. The molecular formula is C30H58N4Na2O8. The third-order valence-electron chi connectivity index (χ3n) is 6.60. The van der Waals surface area contributed by atoms with E-state index in [1.54, 1.807) is 0 Å². The molecule has 0 atom stereocenters. The van der Waals surface area contributed by atoms with Gasteiger partial charge in [-0.3, -0.25) is 9.59 Å². The van der Waals surface area contributed by atoms with Crippen LogP contribution in [0.2, 0.25) is 0 Å². The largest absolute Gasteiger partial charge is 1.00 e. The third kappa shape index (κ3) is 43.8. The van der Waals surface area contributed by atoms with Gasteiger partial charge in [-0.2, -0.15) is 0 Å². The van der Waals surface area contributed by atoms with Gasteiger partial charge in [0.05, 0.1) is 0 Å². The zero-order chi connectivity index (χ0) is 32.2. The molecule has 0 radical (unpaired) electrons. The number of rotatable bonds is 28. The molecule has 0 aromatic carbocycles. The molecule has 0 rings (SSSR count). The fourth-order valence-corrected chi connectivity index (χ4v) is 4.35. The van der Waals surface area contributed by atoms with Crippen molar-refractivity contribution in [2.75, 3.05) is 80.5 Å². The summed E-state index contributed by atoms with van der Waals surface area (Å²) in [5.41, 5.74) is 0. The topological polar surface area (TPSA) is 168 Å². The molecule has 0 spiro atoms. The van der Waals surface area contributed by atoms with Gasteiger partial charge in [-0.05, 0) is 145 Å². The van der Waals surface area contributed by atoms with Crippen molar-refractivity contribution in [1.29, 1.82) is 0 Å². The van der Waals surface area contributed by atoms with E-state index < -0.39 is 23.9 Å². The molecule has 0 saturated heterocycles. The molecule has 44 heavy (non-hydrogen) atoms. The molecule has 0 fully saturated rings. The quantitative estimate of drug-likeness (QED) is 0.0613. The Hall–Kier alpha value is -0.280. The molecule has 0 heterocycles. The number of hydrogen-bond acceptors (Lipinski definition) is 10. The number of hydrogen-bond donors (Lipinski definition) is 2. The van der Waals surface area contributed by atoms with E-state index in [0.29, 0.717) is 51.9 Å². The van der Waals surface area contributed by atoms with Crippen molar-refractivity contribution in [3.8, 4) is 0 Å². The molecule has 0 saturated carbocycles. The Kier molecular flexibility index (Phi) is 40.9. The fourth-order valence-electron chi connectivity index (χ4n) is 4.35. The molecule has 2 N–H and O–H groups in total. The molecule has 0 aliphatic heterocycles. The van der Waals surface area contributed by atoms with Crippen molar-refractivity contribution >= 4 is 23.9 Å². The van der Waals surface area contributed by atoms with Gasteiger partial charge in [0.25, 0.3) is 0 Å². The van der Waals surface area contributed by atoms with Crippen LogP contribution >= 0.6 is 0 Å². The van der Waals surface area contributed by atoms with E-state index in [4.69, 9.17) is 10.2 Å². The third-order valence-corrected chi connectivity index (χ3v) is 6.60. The smallest absolute Gasteiger partial charge is 0.550 e. The number of carboxylic acid groups (broad SMARTS) is 4. The van der Waals surface area contributed by atoms with Gasteiger partial charge < -0.3 is 49.6 Å². The van der Waals surface area contributed by atoms with Gasteiger partial charge in [0.2, 0.25) is 0 Å². The molecule has 0 aliphatic carbocycles. The molecule has 0 aliphatic rings. The van der Waals surface area contributed by atoms with Crippen LogP contribution in [0.25, 0.3) is 0 Å². The minimum absolute atomic E-state index is 0. The molecule has 0 unspecified atom stereocenters. The summed E-state index contributed by atoms with van der Waals surface area (Å²) in [6.07, 6.45) is 9.49. The van der Waals surface area contributed by atoms with E-state index in [-0.39, 0.29) is 84.8 Å². The first kappa shape index (κ1) is 50.6. The van der Waals surface area contributed by atoms with Gasteiger partial charge in [-0.15, -0.1) is 0 Å². The number of unbranched alkanes of at least 4 members (excludes halogenated alkanes) is 4. The maximum atomic E-state index is 10.5. The van der Waals surface area contributed by atoms with E-state index in [1.807, 2.05) is 0 Å². The molecular weight excluding hydrogens is 590 g/mol. The summed E-state index contributed by atoms with van der Waals surface area (Å²) in [5.74, 6) is -3.61. The minimum Gasteiger partial charge on any atom is -0.550 e. The predicted molar refractivity (Wildman–Crippen MR) is 160 cm³/mol. The van der Waals surface area contributed by atoms with E-state index in [2.05, 4.69) is 47.8 Å². The van der Waals surface area contributed by atoms with Gasteiger partial charge in [-0.1, -0.05) is 12.8 Å². The SMILES string of the molecule is CN(C)CCCCCN(CCCC(=O)[O-])CCCC(=O)O.CN(C)CCCCCN(CCCC(=O)[O-])CCCC(=O)O.[Na+].[Na+]. The summed E-state index contributed by atoms with van der Waals surface area (Å²) in [5, 5.41) is 38.2. The van der Waals surface area contributed by atoms with E-state index in [1.165, 1.54) is 0 Å². The number of carbonyl (C=O) groups is 4. The molecule has 0 amide bonds. The van der Waals surface area contributed by atoms with E-state index in [9.17, 15) is 29.4 Å². The Morgan fingerprint density at radius 3 is 0.932 bits per heavy atom. The summed E-state index contributed by atoms with van der Waals surface area (Å²) in [4.78, 5) is 50.6. The Morgan fingerprint density at radius 1 is 0.432 bits per heavy atom. The minimum atomic E-state index is -1.02. The van der Waals surface area contributed by atoms with Gasteiger partial charge in [0.1, 0.15) is 0 Å². The monoisotopic (exact) mass is 648 g/mol. The van der Waals surface area contributed by atoms with Gasteiger partial charge in [0, 0.05) is 24.8 Å². The second-order valence-electron chi connectivity index (χ2n) is 11.4. The van der Waals surface area contributed by atoms with Crippen LogP contribution in [0.15, 0.2) is 0 Å². The molecule has 248 valence electrons. The molecule has 0 aromatic heterocycles. The van der Waals surface area contributed by atoms with Crippen LogP contribution in [0.1, 0.15) is 89.9 Å². The van der Waals surface area contributed by atoms with Crippen molar-refractivity contribution in [2.24, 2.45) is 0 Å². The zero-order valence-corrected chi connectivity index (χ0v) is 32.7. The van der Waals surface area contributed by atoms with Crippen molar-refractivity contribution < 1.29 is 98.7 Å². The summed E-state index contributed by atoms with van der Waals surface area (Å²) in [6.45, 7) is 6.77. The summed E-state index contributed by atoms with van der Waals surface area (Å²) < 4.78 is 0. The fraction of sp³-hybridized carbons (Fsp3) is 0.867. The first-order valence-electron chi connectivity index (χ1n) is 15.4. The van der Waals surface area contributed by atoms with Gasteiger partial charge in [0.15, 0.2) is 0 Å². The maximum Gasteiger partial charge on any atom is 1.00 e. The van der Waals surface area contributed by atoms with Crippen molar-refractivity contribution in [1.82, 2.24) is 19.6 Å². The Labute approximate surface area is 310 Å². The van der Waals surface area contributed by atoms with Crippen LogP contribution < -0.4 is 69.3 Å². The van der Waals surface area contributed by atoms with Crippen molar-refractivity contribution in [3.05, 3.63) is 0 Å². The van der Waals surface area contributed by atoms with Gasteiger partial charge in [-0.25, -0.2) is 0 Å². The molecule has 14 heteroatoms. The predicted octanol–water partition coefficient (Wildman–Crippen LogP) is -5.16.